The molecule has 0 radical (unpaired) electrons. The van der Waals surface area contributed by atoms with Gasteiger partial charge >= 0.3 is 0 Å². The second kappa shape index (κ2) is 4.42. The van der Waals surface area contributed by atoms with Crippen LogP contribution in [-0.4, -0.2) is 21.7 Å². The van der Waals surface area contributed by atoms with Crippen LogP contribution in [0.5, 0.6) is 0 Å². The first-order chi connectivity index (χ1) is 9.07. The Morgan fingerprint density at radius 1 is 1.21 bits per heavy atom. The van der Waals surface area contributed by atoms with E-state index in [4.69, 9.17) is 4.52 Å². The Morgan fingerprint density at radius 3 is 2.58 bits per heavy atom. The summed E-state index contributed by atoms with van der Waals surface area (Å²) < 4.78 is 5.44. The minimum Gasteiger partial charge on any atom is -0.337 e. The van der Waals surface area contributed by atoms with Crippen molar-refractivity contribution in [2.75, 3.05) is 6.54 Å². The fourth-order valence-corrected chi connectivity index (χ4v) is 2.61. The summed E-state index contributed by atoms with van der Waals surface area (Å²) in [5.74, 6) is 1.31. The highest BCUT2D eigenvalue weighted by atomic mass is 16.5. The summed E-state index contributed by atoms with van der Waals surface area (Å²) in [6.45, 7) is 7.05. The van der Waals surface area contributed by atoms with Crippen LogP contribution < -0.4 is 5.32 Å². The Morgan fingerprint density at radius 2 is 1.95 bits per heavy atom. The summed E-state index contributed by atoms with van der Waals surface area (Å²) in [6.07, 6.45) is 2.17. The highest BCUT2D eigenvalue weighted by Gasteiger charge is 2.35. The van der Waals surface area contributed by atoms with Crippen molar-refractivity contribution in [1.82, 2.24) is 20.4 Å². The molecule has 0 amide bonds. The number of aromatic nitrogens is 3. The van der Waals surface area contributed by atoms with Gasteiger partial charge in [-0.25, -0.2) is 0 Å². The van der Waals surface area contributed by atoms with Crippen molar-refractivity contribution in [2.24, 2.45) is 0 Å². The molecule has 1 aliphatic rings. The SMILES string of the molecule is Cc1cc(-c2noc(C3(C)CCCN3)n2)cc(C)n1. The molecule has 1 aliphatic heterocycles. The predicted molar refractivity (Wildman–Crippen MR) is 71.6 cm³/mol. The van der Waals surface area contributed by atoms with Crippen LogP contribution in [-0.2, 0) is 5.54 Å². The lowest BCUT2D eigenvalue weighted by molar-refractivity contribution is 0.275. The van der Waals surface area contributed by atoms with Gasteiger partial charge in [-0.2, -0.15) is 4.98 Å². The lowest BCUT2D eigenvalue weighted by Gasteiger charge is -2.18. The van der Waals surface area contributed by atoms with Crippen molar-refractivity contribution in [2.45, 2.75) is 39.2 Å². The molecular formula is C14H18N4O. The van der Waals surface area contributed by atoms with Crippen molar-refractivity contribution < 1.29 is 4.52 Å². The molecular weight excluding hydrogens is 240 g/mol. The maximum atomic E-state index is 5.44. The molecule has 5 heteroatoms. The van der Waals surface area contributed by atoms with E-state index in [2.05, 4.69) is 27.4 Å². The van der Waals surface area contributed by atoms with E-state index in [1.54, 1.807) is 0 Å². The van der Waals surface area contributed by atoms with Gasteiger partial charge in [-0.15, -0.1) is 0 Å². The molecule has 1 unspecified atom stereocenters. The monoisotopic (exact) mass is 258 g/mol. The summed E-state index contributed by atoms with van der Waals surface area (Å²) >= 11 is 0. The molecule has 3 heterocycles. The Labute approximate surface area is 112 Å². The fraction of sp³-hybridized carbons (Fsp3) is 0.500. The van der Waals surface area contributed by atoms with Gasteiger partial charge in [-0.1, -0.05) is 5.16 Å². The van der Waals surface area contributed by atoms with E-state index < -0.39 is 0 Å². The minimum atomic E-state index is -0.178. The van der Waals surface area contributed by atoms with Crippen molar-refractivity contribution in [1.29, 1.82) is 0 Å². The van der Waals surface area contributed by atoms with Crippen molar-refractivity contribution >= 4 is 0 Å². The van der Waals surface area contributed by atoms with E-state index in [1.807, 2.05) is 26.0 Å². The molecule has 0 bridgehead atoms. The summed E-state index contributed by atoms with van der Waals surface area (Å²) in [5.41, 5.74) is 2.71. The second-order valence-corrected chi connectivity index (χ2v) is 5.42. The topological polar surface area (TPSA) is 63.8 Å². The van der Waals surface area contributed by atoms with Crippen molar-refractivity contribution in [3.8, 4) is 11.4 Å². The molecule has 3 rings (SSSR count). The molecule has 0 aliphatic carbocycles. The molecule has 0 aromatic carbocycles. The zero-order valence-corrected chi connectivity index (χ0v) is 11.5. The Hall–Kier alpha value is -1.75. The number of nitrogens with zero attached hydrogens (tertiary/aromatic N) is 3. The molecule has 2 aromatic heterocycles. The van der Waals surface area contributed by atoms with Crippen LogP contribution in [0.3, 0.4) is 0 Å². The first-order valence-electron chi connectivity index (χ1n) is 6.62. The standard InChI is InChI=1S/C14H18N4O/c1-9-7-11(8-10(2)16-9)12-17-13(19-18-12)14(3)5-4-6-15-14/h7-8,15H,4-6H2,1-3H3. The van der Waals surface area contributed by atoms with Gasteiger partial charge in [0.15, 0.2) is 0 Å². The fourth-order valence-electron chi connectivity index (χ4n) is 2.61. The smallest absolute Gasteiger partial charge is 0.246 e. The predicted octanol–water partition coefficient (Wildman–Crippen LogP) is 2.35. The first kappa shape index (κ1) is 12.3. The lowest BCUT2D eigenvalue weighted by Crippen LogP contribution is -2.33. The number of aryl methyl sites for hydroxylation is 2. The normalized spacial score (nSPS) is 22.9. The molecule has 1 saturated heterocycles. The molecule has 5 nitrogen and oxygen atoms in total. The quantitative estimate of drug-likeness (QED) is 0.895. The molecule has 1 atom stereocenters. The third kappa shape index (κ3) is 2.26. The van der Waals surface area contributed by atoms with Crippen LogP contribution >= 0.6 is 0 Å². The number of hydrogen-bond donors (Lipinski definition) is 1. The Balaban J connectivity index is 1.96. The van der Waals surface area contributed by atoms with Crippen LogP contribution in [0.4, 0.5) is 0 Å². The Bertz CT molecular complexity index is 579. The van der Waals surface area contributed by atoms with E-state index in [1.165, 1.54) is 0 Å². The second-order valence-electron chi connectivity index (χ2n) is 5.42. The zero-order chi connectivity index (χ0) is 13.5. The summed E-state index contributed by atoms with van der Waals surface area (Å²) in [6, 6.07) is 3.96. The maximum Gasteiger partial charge on any atom is 0.246 e. The third-order valence-corrected chi connectivity index (χ3v) is 3.61. The molecule has 2 aromatic rings. The van der Waals surface area contributed by atoms with Crippen LogP contribution in [0.1, 0.15) is 37.0 Å². The lowest BCUT2D eigenvalue weighted by atomic mass is 10.0. The molecule has 100 valence electrons. The number of hydrogen-bond acceptors (Lipinski definition) is 5. The van der Waals surface area contributed by atoms with Gasteiger partial charge in [-0.05, 0) is 52.3 Å². The molecule has 0 spiro atoms. The van der Waals surface area contributed by atoms with Crippen LogP contribution in [0.15, 0.2) is 16.7 Å². The molecule has 1 N–H and O–H groups in total. The van der Waals surface area contributed by atoms with E-state index in [0.29, 0.717) is 11.7 Å². The number of nitrogens with one attached hydrogen (secondary N) is 1. The Kier molecular flexibility index (Phi) is 2.86. The van der Waals surface area contributed by atoms with E-state index >= 15 is 0 Å². The van der Waals surface area contributed by atoms with Crippen LogP contribution in [0.2, 0.25) is 0 Å². The minimum absolute atomic E-state index is 0.178. The molecule has 19 heavy (non-hydrogen) atoms. The van der Waals surface area contributed by atoms with Gasteiger partial charge in [-0.3, -0.25) is 4.98 Å². The van der Waals surface area contributed by atoms with Crippen LogP contribution in [0.25, 0.3) is 11.4 Å². The highest BCUT2D eigenvalue weighted by Crippen LogP contribution is 2.30. The largest absolute Gasteiger partial charge is 0.337 e. The van der Waals surface area contributed by atoms with Gasteiger partial charge in [0.1, 0.15) is 0 Å². The summed E-state index contributed by atoms with van der Waals surface area (Å²) in [7, 11) is 0. The summed E-state index contributed by atoms with van der Waals surface area (Å²) in [4.78, 5) is 8.91. The first-order valence-corrected chi connectivity index (χ1v) is 6.62. The third-order valence-electron chi connectivity index (χ3n) is 3.61. The van der Waals surface area contributed by atoms with E-state index in [9.17, 15) is 0 Å². The van der Waals surface area contributed by atoms with E-state index in [0.717, 1.165) is 36.3 Å². The van der Waals surface area contributed by atoms with Crippen molar-refractivity contribution in [3.63, 3.8) is 0 Å². The average molecular weight is 258 g/mol. The van der Waals surface area contributed by atoms with Gasteiger partial charge in [0.25, 0.3) is 0 Å². The molecule has 1 fully saturated rings. The molecule has 0 saturated carbocycles. The van der Waals surface area contributed by atoms with Gasteiger partial charge in [0.2, 0.25) is 11.7 Å². The maximum absolute atomic E-state index is 5.44. The van der Waals surface area contributed by atoms with Crippen molar-refractivity contribution in [3.05, 3.63) is 29.4 Å². The summed E-state index contributed by atoms with van der Waals surface area (Å²) in [5, 5.41) is 7.53. The number of rotatable bonds is 2. The van der Waals surface area contributed by atoms with E-state index in [-0.39, 0.29) is 5.54 Å². The zero-order valence-electron chi connectivity index (χ0n) is 11.5. The van der Waals surface area contributed by atoms with Crippen LogP contribution in [0, 0.1) is 13.8 Å². The number of pyridine rings is 1. The van der Waals surface area contributed by atoms with Gasteiger partial charge in [0.05, 0.1) is 5.54 Å². The average Bonchev–Trinajstić information content (AvgIpc) is 2.96. The van der Waals surface area contributed by atoms with Gasteiger partial charge in [0, 0.05) is 17.0 Å². The highest BCUT2D eigenvalue weighted by molar-refractivity contribution is 5.55. The van der Waals surface area contributed by atoms with Gasteiger partial charge < -0.3 is 9.84 Å².